The van der Waals surface area contributed by atoms with Gasteiger partial charge in [0.1, 0.15) is 11.5 Å². The molecule has 0 atom stereocenters. The molecule has 8 heteroatoms. The van der Waals surface area contributed by atoms with Gasteiger partial charge in [-0.25, -0.2) is 5.43 Å². The van der Waals surface area contributed by atoms with Gasteiger partial charge >= 0.3 is 11.8 Å². The SMILES string of the molecule is Cc1ccc(NC(=O)C(=O)NCc2ccc(/C=N\NC(=O)Cc3ccccc3)o2)cc1C. The predicted molar refractivity (Wildman–Crippen MR) is 121 cm³/mol. The Kier molecular flexibility index (Phi) is 7.53. The van der Waals surface area contributed by atoms with Crippen LogP contribution in [0.15, 0.2) is 70.2 Å². The Hall–Kier alpha value is -4.20. The van der Waals surface area contributed by atoms with Crippen molar-refractivity contribution < 1.29 is 18.8 Å². The van der Waals surface area contributed by atoms with Crippen LogP contribution in [0.4, 0.5) is 5.69 Å². The van der Waals surface area contributed by atoms with E-state index in [1.807, 2.05) is 50.2 Å². The van der Waals surface area contributed by atoms with Crippen molar-refractivity contribution in [2.45, 2.75) is 26.8 Å². The molecule has 0 spiro atoms. The van der Waals surface area contributed by atoms with Crippen LogP contribution in [-0.4, -0.2) is 23.9 Å². The van der Waals surface area contributed by atoms with Gasteiger partial charge in [0.05, 0.1) is 19.2 Å². The van der Waals surface area contributed by atoms with Gasteiger partial charge in [0.25, 0.3) is 0 Å². The molecule has 0 saturated carbocycles. The summed E-state index contributed by atoms with van der Waals surface area (Å²) in [6.45, 7) is 3.93. The molecule has 0 saturated heterocycles. The highest BCUT2D eigenvalue weighted by atomic mass is 16.3. The average Bonchev–Trinajstić information content (AvgIpc) is 3.23. The number of hydrazone groups is 1. The molecule has 0 aliphatic heterocycles. The number of carbonyl (C=O) groups excluding carboxylic acids is 3. The maximum absolute atomic E-state index is 12.1. The Labute approximate surface area is 185 Å². The van der Waals surface area contributed by atoms with Crippen LogP contribution in [0.25, 0.3) is 0 Å². The second-order valence-electron chi connectivity index (χ2n) is 7.20. The number of hydrogen-bond donors (Lipinski definition) is 3. The minimum atomic E-state index is -0.775. The van der Waals surface area contributed by atoms with Gasteiger partial charge in [-0.3, -0.25) is 14.4 Å². The van der Waals surface area contributed by atoms with Crippen molar-refractivity contribution in [3.05, 3.63) is 88.9 Å². The minimum absolute atomic E-state index is 0.0351. The Morgan fingerprint density at radius 2 is 1.72 bits per heavy atom. The molecule has 32 heavy (non-hydrogen) atoms. The third kappa shape index (κ3) is 6.66. The zero-order valence-electron chi connectivity index (χ0n) is 17.8. The van der Waals surface area contributed by atoms with Crippen LogP contribution in [0.1, 0.15) is 28.2 Å². The number of nitrogens with zero attached hydrogens (tertiary/aromatic N) is 1. The van der Waals surface area contributed by atoms with Crippen molar-refractivity contribution in [3.63, 3.8) is 0 Å². The van der Waals surface area contributed by atoms with Crippen LogP contribution in [0.5, 0.6) is 0 Å². The highest BCUT2D eigenvalue weighted by Gasteiger charge is 2.14. The maximum atomic E-state index is 12.1. The van der Waals surface area contributed by atoms with Crippen molar-refractivity contribution in [1.29, 1.82) is 0 Å². The van der Waals surface area contributed by atoms with Gasteiger partial charge in [-0.15, -0.1) is 0 Å². The molecule has 0 bridgehead atoms. The van der Waals surface area contributed by atoms with Gasteiger partial charge in [0.15, 0.2) is 0 Å². The van der Waals surface area contributed by atoms with Crippen molar-refractivity contribution >= 4 is 29.6 Å². The van der Waals surface area contributed by atoms with E-state index in [1.54, 1.807) is 24.3 Å². The van der Waals surface area contributed by atoms with Gasteiger partial charge in [-0.2, -0.15) is 5.10 Å². The zero-order chi connectivity index (χ0) is 22.9. The van der Waals surface area contributed by atoms with Crippen molar-refractivity contribution in [2.24, 2.45) is 5.10 Å². The lowest BCUT2D eigenvalue weighted by atomic mass is 10.1. The summed E-state index contributed by atoms with van der Waals surface area (Å²) in [6.07, 6.45) is 1.58. The van der Waals surface area contributed by atoms with Crippen LogP contribution < -0.4 is 16.1 Å². The largest absolute Gasteiger partial charge is 0.458 e. The van der Waals surface area contributed by atoms with Crippen molar-refractivity contribution in [3.8, 4) is 0 Å². The van der Waals surface area contributed by atoms with Gasteiger partial charge in [-0.1, -0.05) is 36.4 Å². The molecule has 0 fully saturated rings. The maximum Gasteiger partial charge on any atom is 0.313 e. The van der Waals surface area contributed by atoms with Crippen LogP contribution >= 0.6 is 0 Å². The summed E-state index contributed by atoms with van der Waals surface area (Å²) in [5.74, 6) is -0.949. The number of hydrogen-bond acceptors (Lipinski definition) is 5. The van der Waals surface area contributed by atoms with Crippen molar-refractivity contribution in [1.82, 2.24) is 10.7 Å². The quantitative estimate of drug-likeness (QED) is 0.303. The fraction of sp³-hybridized carbons (Fsp3) is 0.167. The average molecular weight is 432 g/mol. The number of furan rings is 1. The Morgan fingerprint density at radius 3 is 2.47 bits per heavy atom. The summed E-state index contributed by atoms with van der Waals surface area (Å²) >= 11 is 0. The number of benzene rings is 2. The number of rotatable bonds is 7. The molecule has 3 rings (SSSR count). The molecule has 0 unspecified atom stereocenters. The topological polar surface area (TPSA) is 113 Å². The molecular weight excluding hydrogens is 408 g/mol. The molecule has 3 amide bonds. The number of carbonyl (C=O) groups is 3. The summed E-state index contributed by atoms with van der Waals surface area (Å²) in [5.41, 5.74) is 5.99. The summed E-state index contributed by atoms with van der Waals surface area (Å²) in [6, 6.07) is 18.0. The molecule has 8 nitrogen and oxygen atoms in total. The number of anilines is 1. The van der Waals surface area contributed by atoms with E-state index in [9.17, 15) is 14.4 Å². The van der Waals surface area contributed by atoms with E-state index in [-0.39, 0.29) is 18.9 Å². The molecule has 0 aliphatic carbocycles. The smallest absolute Gasteiger partial charge is 0.313 e. The third-order valence-electron chi connectivity index (χ3n) is 4.67. The second-order valence-corrected chi connectivity index (χ2v) is 7.20. The van der Waals surface area contributed by atoms with Crippen LogP contribution in [-0.2, 0) is 27.3 Å². The summed E-state index contributed by atoms with van der Waals surface area (Å²) in [7, 11) is 0. The van der Waals surface area contributed by atoms with E-state index in [1.165, 1.54) is 6.21 Å². The molecule has 3 N–H and O–H groups in total. The summed E-state index contributed by atoms with van der Waals surface area (Å²) < 4.78 is 5.51. The Balaban J connectivity index is 1.43. The molecule has 1 aromatic heterocycles. The van der Waals surface area contributed by atoms with Crippen LogP contribution in [0.2, 0.25) is 0 Å². The number of aryl methyl sites for hydroxylation is 2. The highest BCUT2D eigenvalue weighted by molar-refractivity contribution is 6.39. The predicted octanol–water partition coefficient (Wildman–Crippen LogP) is 2.84. The van der Waals surface area contributed by atoms with Gasteiger partial charge in [-0.05, 0) is 54.8 Å². The number of amides is 3. The molecule has 3 aromatic rings. The second kappa shape index (κ2) is 10.7. The van der Waals surface area contributed by atoms with Gasteiger partial charge in [0.2, 0.25) is 5.91 Å². The van der Waals surface area contributed by atoms with Crippen LogP contribution in [0.3, 0.4) is 0 Å². The first-order chi connectivity index (χ1) is 15.4. The minimum Gasteiger partial charge on any atom is -0.458 e. The lowest BCUT2D eigenvalue weighted by Gasteiger charge is -2.07. The fourth-order valence-corrected chi connectivity index (χ4v) is 2.80. The van der Waals surface area contributed by atoms with E-state index < -0.39 is 11.8 Å². The molecular formula is C24H24N4O4. The first-order valence-electron chi connectivity index (χ1n) is 10.0. The van der Waals surface area contributed by atoms with E-state index >= 15 is 0 Å². The highest BCUT2D eigenvalue weighted by Crippen LogP contribution is 2.14. The first-order valence-corrected chi connectivity index (χ1v) is 10.0. The van der Waals surface area contributed by atoms with Crippen LogP contribution in [0, 0.1) is 13.8 Å². The summed E-state index contributed by atoms with van der Waals surface area (Å²) in [4.78, 5) is 36.0. The lowest BCUT2D eigenvalue weighted by molar-refractivity contribution is -0.136. The zero-order valence-corrected chi connectivity index (χ0v) is 17.8. The van der Waals surface area contributed by atoms with E-state index in [2.05, 4.69) is 21.2 Å². The van der Waals surface area contributed by atoms with E-state index in [4.69, 9.17) is 4.42 Å². The molecule has 0 aliphatic rings. The van der Waals surface area contributed by atoms with Gasteiger partial charge in [0, 0.05) is 5.69 Å². The molecule has 2 aromatic carbocycles. The first kappa shape index (κ1) is 22.5. The molecule has 164 valence electrons. The standard InChI is InChI=1S/C24H24N4O4/c1-16-8-9-19(12-17(16)2)27-24(31)23(30)25-14-20-10-11-21(32-20)15-26-28-22(29)13-18-6-4-3-5-7-18/h3-12,15H,13-14H2,1-2H3,(H,25,30)(H,27,31)(H,28,29)/b26-15-. The monoisotopic (exact) mass is 432 g/mol. The lowest BCUT2D eigenvalue weighted by Crippen LogP contribution is -2.34. The normalized spacial score (nSPS) is 10.7. The molecule has 1 heterocycles. The fourth-order valence-electron chi connectivity index (χ4n) is 2.80. The Bertz CT molecular complexity index is 1140. The van der Waals surface area contributed by atoms with Gasteiger partial charge < -0.3 is 15.1 Å². The third-order valence-corrected chi connectivity index (χ3v) is 4.67. The Morgan fingerprint density at radius 1 is 0.938 bits per heavy atom. The van der Waals surface area contributed by atoms with Crippen molar-refractivity contribution in [2.75, 3.05) is 5.32 Å². The summed E-state index contributed by atoms with van der Waals surface area (Å²) in [5, 5.41) is 8.93. The van der Waals surface area contributed by atoms with E-state index in [0.717, 1.165) is 16.7 Å². The molecule has 0 radical (unpaired) electrons. The number of nitrogens with one attached hydrogen (secondary N) is 3. The van der Waals surface area contributed by atoms with E-state index in [0.29, 0.717) is 17.2 Å².